The summed E-state index contributed by atoms with van der Waals surface area (Å²) >= 11 is 0. The molecule has 5 rings (SSSR count). The van der Waals surface area contributed by atoms with Gasteiger partial charge in [-0.2, -0.15) is 0 Å². The Kier molecular flexibility index (Phi) is 10.9. The number of amides is 3. The van der Waals surface area contributed by atoms with Crippen LogP contribution in [0.1, 0.15) is 50.7 Å². The summed E-state index contributed by atoms with van der Waals surface area (Å²) in [5, 5.41) is 22.9. The second-order valence-electron chi connectivity index (χ2n) is 12.9. The van der Waals surface area contributed by atoms with Gasteiger partial charge >= 0.3 is 6.09 Å². The van der Waals surface area contributed by atoms with Crippen molar-refractivity contribution in [2.45, 2.75) is 69.9 Å². The largest absolute Gasteiger partial charge is 0.465 e. The van der Waals surface area contributed by atoms with Crippen molar-refractivity contribution in [2.24, 2.45) is 11.8 Å². The molecule has 0 saturated heterocycles. The Bertz CT molecular complexity index is 1990. The van der Waals surface area contributed by atoms with Crippen molar-refractivity contribution >= 4 is 44.5 Å². The molecule has 1 saturated carbocycles. The molecule has 3 aromatic carbocycles. The number of sulfonamides is 1. The molecule has 1 fully saturated rings. The van der Waals surface area contributed by atoms with E-state index in [1.165, 1.54) is 0 Å². The molecule has 0 radical (unpaired) electrons. The molecule has 0 unspecified atom stereocenters. The SMILES string of the molecule is Cc1cc(S(=O)(=O)NC(C)C)ccc1-c1ccc(C[C@H](NC(=O)C2CCC(CNC(=O)O)CC2)C(=O)Nc2ccc3c(=O)[nH][nH]c3c2)cc1. The van der Waals surface area contributed by atoms with Crippen LogP contribution in [0.5, 0.6) is 0 Å². The molecule has 1 heterocycles. The van der Waals surface area contributed by atoms with Crippen molar-refractivity contribution in [3.63, 3.8) is 0 Å². The molecular weight excluding hydrogens is 648 g/mol. The molecule has 0 bridgehead atoms. The zero-order valence-electron chi connectivity index (χ0n) is 27.6. The lowest BCUT2D eigenvalue weighted by molar-refractivity contribution is -0.130. The van der Waals surface area contributed by atoms with E-state index in [4.69, 9.17) is 5.11 Å². The van der Waals surface area contributed by atoms with Crippen molar-refractivity contribution in [1.29, 1.82) is 0 Å². The van der Waals surface area contributed by atoms with E-state index in [0.717, 1.165) is 22.3 Å². The van der Waals surface area contributed by atoms with Crippen LogP contribution in [0.4, 0.5) is 10.5 Å². The number of carbonyl (C=O) groups is 3. The number of carbonyl (C=O) groups excluding carboxylic acids is 2. The van der Waals surface area contributed by atoms with Crippen LogP contribution >= 0.6 is 0 Å². The average molecular weight is 691 g/mol. The summed E-state index contributed by atoms with van der Waals surface area (Å²) in [6.07, 6.45) is 1.71. The van der Waals surface area contributed by atoms with Crippen molar-refractivity contribution in [3.8, 4) is 11.1 Å². The van der Waals surface area contributed by atoms with Gasteiger partial charge in [-0.25, -0.2) is 17.9 Å². The predicted octanol–water partition coefficient (Wildman–Crippen LogP) is 4.26. The lowest BCUT2D eigenvalue weighted by Crippen LogP contribution is -2.48. The molecule has 7 N–H and O–H groups in total. The number of aryl methyl sites for hydroxylation is 1. The monoisotopic (exact) mass is 690 g/mol. The molecule has 13 nitrogen and oxygen atoms in total. The minimum absolute atomic E-state index is 0.161. The Morgan fingerprint density at radius 2 is 1.65 bits per heavy atom. The van der Waals surface area contributed by atoms with Gasteiger partial charge in [0.2, 0.25) is 21.8 Å². The van der Waals surface area contributed by atoms with Gasteiger partial charge in [-0.05, 0) is 105 Å². The maximum atomic E-state index is 13.7. The van der Waals surface area contributed by atoms with Crippen LogP contribution in [0.2, 0.25) is 0 Å². The molecular formula is C35H42N6O7S. The van der Waals surface area contributed by atoms with Crippen LogP contribution in [0.15, 0.2) is 70.4 Å². The van der Waals surface area contributed by atoms with Crippen LogP contribution in [-0.4, -0.2) is 60.3 Å². The Morgan fingerprint density at radius 1 is 0.939 bits per heavy atom. The number of anilines is 1. The zero-order chi connectivity index (χ0) is 35.3. The molecule has 1 aliphatic carbocycles. The van der Waals surface area contributed by atoms with Crippen LogP contribution in [0.3, 0.4) is 0 Å². The minimum atomic E-state index is -3.63. The highest BCUT2D eigenvalue weighted by Gasteiger charge is 2.30. The fraction of sp³-hybridized carbons (Fsp3) is 0.371. The third-order valence-electron chi connectivity index (χ3n) is 8.84. The van der Waals surface area contributed by atoms with Crippen molar-refractivity contribution in [3.05, 3.63) is 82.1 Å². The van der Waals surface area contributed by atoms with Crippen LogP contribution in [-0.2, 0) is 26.0 Å². The van der Waals surface area contributed by atoms with Gasteiger partial charge in [0.1, 0.15) is 6.04 Å². The number of benzene rings is 3. The minimum Gasteiger partial charge on any atom is -0.465 e. The summed E-state index contributed by atoms with van der Waals surface area (Å²) in [5.74, 6) is -0.792. The highest BCUT2D eigenvalue weighted by atomic mass is 32.2. The first-order valence-corrected chi connectivity index (χ1v) is 17.8. The lowest BCUT2D eigenvalue weighted by atomic mass is 9.81. The normalized spacial score (nSPS) is 17.1. The van der Waals surface area contributed by atoms with Crippen LogP contribution in [0.25, 0.3) is 22.0 Å². The first kappa shape index (κ1) is 35.4. The number of hydrogen-bond acceptors (Lipinski definition) is 6. The smallest absolute Gasteiger partial charge is 0.404 e. The molecule has 14 heteroatoms. The molecule has 49 heavy (non-hydrogen) atoms. The van der Waals surface area contributed by atoms with E-state index in [0.29, 0.717) is 48.8 Å². The number of hydrogen-bond donors (Lipinski definition) is 7. The predicted molar refractivity (Wildman–Crippen MR) is 187 cm³/mol. The van der Waals surface area contributed by atoms with Crippen molar-refractivity contribution in [2.75, 3.05) is 11.9 Å². The Morgan fingerprint density at radius 3 is 2.31 bits per heavy atom. The van der Waals surface area contributed by atoms with Gasteiger partial charge in [0, 0.05) is 30.6 Å². The van der Waals surface area contributed by atoms with Gasteiger partial charge < -0.3 is 21.1 Å². The Balaban J connectivity index is 1.31. The van der Waals surface area contributed by atoms with Gasteiger partial charge in [0.15, 0.2) is 0 Å². The van der Waals surface area contributed by atoms with E-state index in [9.17, 15) is 27.6 Å². The van der Waals surface area contributed by atoms with E-state index in [1.807, 2.05) is 31.2 Å². The quantitative estimate of drug-likeness (QED) is 0.115. The number of fused-ring (bicyclic) bond motifs is 1. The van der Waals surface area contributed by atoms with Gasteiger partial charge in [-0.1, -0.05) is 30.3 Å². The fourth-order valence-corrected chi connectivity index (χ4v) is 7.60. The number of aromatic amines is 2. The van der Waals surface area contributed by atoms with Crippen LogP contribution in [0, 0.1) is 18.8 Å². The van der Waals surface area contributed by atoms with E-state index in [2.05, 4.69) is 30.9 Å². The van der Waals surface area contributed by atoms with Crippen LogP contribution < -0.4 is 26.2 Å². The first-order valence-electron chi connectivity index (χ1n) is 16.3. The summed E-state index contributed by atoms with van der Waals surface area (Å²) < 4.78 is 27.9. The average Bonchev–Trinajstić information content (AvgIpc) is 3.42. The first-order chi connectivity index (χ1) is 23.3. The number of rotatable bonds is 12. The second kappa shape index (κ2) is 15.1. The number of carboxylic acid groups (broad SMARTS) is 1. The highest BCUT2D eigenvalue weighted by Crippen LogP contribution is 2.29. The Labute approximate surface area is 284 Å². The number of nitrogens with one attached hydrogen (secondary N) is 6. The Hall–Kier alpha value is -4.95. The molecule has 1 aliphatic rings. The van der Waals surface area contributed by atoms with E-state index in [-0.39, 0.29) is 40.7 Å². The standard InChI is InChI=1S/C35H42N6O7S/c1-20(2)41-49(47,48)27-13-15-28(21(3)16-27)24-8-4-22(5-9-24)17-31(34(44)37-26-12-14-29-30(18-26)39-40-33(29)43)38-32(42)25-10-6-23(7-11-25)19-36-35(45)46/h4-5,8-9,12-16,18,20,23,25,31,36,41H,6-7,10-11,17,19H2,1-3H3,(H,37,44)(H,38,42)(H,45,46)(H2,39,40,43)/t23?,25?,31-/m0/s1. The maximum Gasteiger partial charge on any atom is 0.404 e. The third kappa shape index (κ3) is 8.95. The molecule has 0 aliphatic heterocycles. The van der Waals surface area contributed by atoms with Gasteiger partial charge in [0.05, 0.1) is 15.8 Å². The summed E-state index contributed by atoms with van der Waals surface area (Å²) in [6, 6.07) is 16.3. The summed E-state index contributed by atoms with van der Waals surface area (Å²) in [4.78, 5) is 50.1. The lowest BCUT2D eigenvalue weighted by Gasteiger charge is -2.29. The molecule has 4 aromatic rings. The summed E-state index contributed by atoms with van der Waals surface area (Å²) in [6.45, 7) is 5.73. The number of H-pyrrole nitrogens is 2. The molecule has 3 amide bonds. The van der Waals surface area contributed by atoms with Crippen molar-refractivity contribution < 1.29 is 27.9 Å². The maximum absolute atomic E-state index is 13.7. The third-order valence-corrected chi connectivity index (χ3v) is 10.5. The fourth-order valence-electron chi connectivity index (χ4n) is 6.27. The van der Waals surface area contributed by atoms with Gasteiger partial charge in [-0.3, -0.25) is 24.6 Å². The molecule has 260 valence electrons. The molecule has 1 atom stereocenters. The van der Waals surface area contributed by atoms with E-state index < -0.39 is 28.1 Å². The van der Waals surface area contributed by atoms with E-state index >= 15 is 0 Å². The highest BCUT2D eigenvalue weighted by molar-refractivity contribution is 7.89. The number of aromatic nitrogens is 2. The van der Waals surface area contributed by atoms with Gasteiger partial charge in [-0.15, -0.1) is 0 Å². The molecule has 0 spiro atoms. The molecule has 1 aromatic heterocycles. The zero-order valence-corrected chi connectivity index (χ0v) is 28.4. The van der Waals surface area contributed by atoms with Gasteiger partial charge in [0.25, 0.3) is 5.56 Å². The summed E-state index contributed by atoms with van der Waals surface area (Å²) in [7, 11) is -3.63. The van der Waals surface area contributed by atoms with Crippen molar-refractivity contribution in [1.82, 2.24) is 25.6 Å². The van der Waals surface area contributed by atoms with E-state index in [1.54, 1.807) is 50.2 Å². The summed E-state index contributed by atoms with van der Waals surface area (Å²) in [5.41, 5.74) is 4.05. The topological polar surface area (TPSA) is 202 Å². The second-order valence-corrected chi connectivity index (χ2v) is 14.7.